The summed E-state index contributed by atoms with van der Waals surface area (Å²) in [5.41, 5.74) is 0. The van der Waals surface area contributed by atoms with Crippen LogP contribution in [-0.4, -0.2) is 24.9 Å². The number of ether oxygens (including phenoxy) is 1. The van der Waals surface area contributed by atoms with E-state index in [0.29, 0.717) is 0 Å². The summed E-state index contributed by atoms with van der Waals surface area (Å²) in [6, 6.07) is 0. The maximum Gasteiger partial charge on any atom is 0.306 e. The average Bonchev–Trinajstić information content (AvgIpc) is 2.16. The molecule has 0 heterocycles. The van der Waals surface area contributed by atoms with Crippen LogP contribution in [-0.2, 0) is 14.3 Å². The van der Waals surface area contributed by atoms with Crippen molar-refractivity contribution in [3.63, 3.8) is 0 Å². The number of Topliss-reactive ketones (excluding diaryl/α,β-unsaturated/α-hetero) is 1. The number of allylic oxidation sites excluding steroid dienone is 1. The van der Waals surface area contributed by atoms with E-state index < -0.39 is 0 Å². The Morgan fingerprint density at radius 1 is 1.43 bits per heavy atom. The first kappa shape index (κ1) is 13.1. The maximum atomic E-state index is 11.0. The van der Waals surface area contributed by atoms with E-state index >= 15 is 0 Å². The minimum Gasteiger partial charge on any atom is -0.461 e. The molecule has 0 spiro atoms. The van der Waals surface area contributed by atoms with Crippen LogP contribution in [0.25, 0.3) is 0 Å². The molecule has 5 heteroatoms. The van der Waals surface area contributed by atoms with E-state index in [1.165, 1.54) is 0 Å². The van der Waals surface area contributed by atoms with Crippen LogP contribution in [0.4, 0.5) is 0 Å². The van der Waals surface area contributed by atoms with Gasteiger partial charge in [0.05, 0.1) is 13.0 Å². The van der Waals surface area contributed by atoms with Crippen LogP contribution in [0.3, 0.4) is 0 Å². The third-order valence-corrected chi connectivity index (χ3v) is 1.58. The van der Waals surface area contributed by atoms with Crippen molar-refractivity contribution in [2.24, 2.45) is 0 Å². The van der Waals surface area contributed by atoms with Gasteiger partial charge in [-0.15, -0.1) is 0 Å². The lowest BCUT2D eigenvalue weighted by Gasteiger charge is -2.00. The molecule has 0 aliphatic heterocycles. The first-order valence-corrected chi connectivity index (χ1v) is 4.70. The molecule has 0 radical (unpaired) electrons. The van der Waals surface area contributed by atoms with Gasteiger partial charge in [-0.05, 0) is 18.7 Å². The average molecular weight is 220 g/mol. The van der Waals surface area contributed by atoms with Crippen molar-refractivity contribution in [1.82, 2.24) is 4.84 Å². The van der Waals surface area contributed by atoms with Crippen LogP contribution >= 0.6 is 11.8 Å². The smallest absolute Gasteiger partial charge is 0.306 e. The molecule has 0 aromatic heterocycles. The minimum atomic E-state index is -0.369. The second-order valence-corrected chi connectivity index (χ2v) is 2.87. The van der Waals surface area contributed by atoms with Crippen molar-refractivity contribution >= 4 is 23.5 Å². The Kier molecular flexibility index (Phi) is 8.17. The van der Waals surface area contributed by atoms with Gasteiger partial charge in [-0.3, -0.25) is 9.59 Å². The van der Waals surface area contributed by atoms with E-state index in [-0.39, 0.29) is 37.7 Å². The van der Waals surface area contributed by atoms with Gasteiger partial charge in [0, 0.05) is 6.42 Å². The van der Waals surface area contributed by atoms with E-state index in [4.69, 9.17) is 16.5 Å². The van der Waals surface area contributed by atoms with Crippen molar-refractivity contribution in [2.45, 2.75) is 19.8 Å². The molecule has 0 saturated carbocycles. The second kappa shape index (κ2) is 8.72. The molecule has 0 amide bonds. The van der Waals surface area contributed by atoms with Crippen molar-refractivity contribution in [2.75, 3.05) is 13.2 Å². The maximum absolute atomic E-state index is 11.0. The highest BCUT2D eigenvalue weighted by molar-refractivity contribution is 6.14. The summed E-state index contributed by atoms with van der Waals surface area (Å²) in [6.45, 7) is 2.17. The molecule has 0 aliphatic carbocycles. The lowest BCUT2D eigenvalue weighted by Crippen LogP contribution is -2.16. The van der Waals surface area contributed by atoms with Crippen LogP contribution < -0.4 is 4.84 Å². The molecule has 0 atom stereocenters. The van der Waals surface area contributed by atoms with Crippen LogP contribution in [0, 0.1) is 0 Å². The van der Waals surface area contributed by atoms with E-state index in [9.17, 15) is 9.59 Å². The molecule has 0 unspecified atom stereocenters. The predicted molar refractivity (Wildman–Crippen MR) is 53.9 cm³/mol. The Morgan fingerprint density at radius 2 is 2.14 bits per heavy atom. The van der Waals surface area contributed by atoms with Gasteiger partial charge in [-0.25, -0.2) is 4.84 Å². The summed E-state index contributed by atoms with van der Waals surface area (Å²) >= 11 is 5.12. The Hall–Kier alpha value is -0.870. The Balaban J connectivity index is 3.48. The highest BCUT2D eigenvalue weighted by Crippen LogP contribution is 1.94. The van der Waals surface area contributed by atoms with Gasteiger partial charge < -0.3 is 4.74 Å². The predicted octanol–water partition coefficient (Wildman–Crippen LogP) is 1.20. The third kappa shape index (κ3) is 7.76. The summed E-state index contributed by atoms with van der Waals surface area (Å²) < 4.78 is 4.78. The van der Waals surface area contributed by atoms with E-state index in [2.05, 4.69) is 4.84 Å². The van der Waals surface area contributed by atoms with E-state index in [1.807, 2.05) is 6.92 Å². The van der Waals surface area contributed by atoms with E-state index in [1.54, 1.807) is 12.2 Å². The highest BCUT2D eigenvalue weighted by Gasteiger charge is 2.06. The fourth-order valence-corrected chi connectivity index (χ4v) is 0.863. The van der Waals surface area contributed by atoms with Gasteiger partial charge in [0.2, 0.25) is 0 Å². The Bertz CT molecular complexity index is 216. The van der Waals surface area contributed by atoms with Crippen molar-refractivity contribution in [3.8, 4) is 0 Å². The van der Waals surface area contributed by atoms with Crippen LogP contribution in [0.1, 0.15) is 19.8 Å². The van der Waals surface area contributed by atoms with Crippen LogP contribution in [0.15, 0.2) is 12.2 Å². The number of esters is 1. The Labute approximate surface area is 88.4 Å². The lowest BCUT2D eigenvalue weighted by molar-refractivity contribution is -0.143. The summed E-state index contributed by atoms with van der Waals surface area (Å²) in [5, 5.41) is 0. The zero-order valence-corrected chi connectivity index (χ0v) is 8.84. The molecule has 1 N–H and O–H groups in total. The number of carbonyl (C=O) groups excluding carboxylic acids is 2. The molecular formula is C9H14ClNO3. The van der Waals surface area contributed by atoms with Crippen molar-refractivity contribution in [1.29, 1.82) is 0 Å². The quantitative estimate of drug-likeness (QED) is 0.397. The van der Waals surface area contributed by atoms with Gasteiger partial charge in [-0.1, -0.05) is 12.2 Å². The molecule has 80 valence electrons. The topological polar surface area (TPSA) is 55.4 Å². The summed E-state index contributed by atoms with van der Waals surface area (Å²) in [5.74, 6) is -0.478. The zero-order valence-electron chi connectivity index (χ0n) is 8.09. The fraction of sp³-hybridized carbons (Fsp3) is 0.556. The number of carbonyl (C=O) groups is 2. The van der Waals surface area contributed by atoms with Gasteiger partial charge in [0.15, 0.2) is 0 Å². The highest BCUT2D eigenvalue weighted by atomic mass is 35.5. The van der Waals surface area contributed by atoms with Crippen molar-refractivity contribution in [3.05, 3.63) is 12.2 Å². The number of hydrogen-bond acceptors (Lipinski definition) is 4. The molecule has 0 bridgehead atoms. The number of halogens is 1. The third-order valence-electron chi connectivity index (χ3n) is 1.45. The fourth-order valence-electron chi connectivity index (χ4n) is 0.714. The SMILES string of the molecule is C/C=C/COC(=O)CCC(=O)CNCl. The second-order valence-electron chi connectivity index (χ2n) is 2.60. The first-order valence-electron chi connectivity index (χ1n) is 4.32. The lowest BCUT2D eigenvalue weighted by atomic mass is 10.2. The van der Waals surface area contributed by atoms with Crippen molar-refractivity contribution < 1.29 is 14.3 Å². The van der Waals surface area contributed by atoms with Gasteiger partial charge >= 0.3 is 5.97 Å². The normalized spacial score (nSPS) is 10.4. The summed E-state index contributed by atoms with van der Waals surface area (Å²) in [6.07, 6.45) is 3.78. The van der Waals surface area contributed by atoms with Crippen LogP contribution in [0.5, 0.6) is 0 Å². The van der Waals surface area contributed by atoms with E-state index in [0.717, 1.165) is 0 Å². The molecule has 0 aromatic rings. The molecule has 4 nitrogen and oxygen atoms in total. The van der Waals surface area contributed by atoms with Gasteiger partial charge in [-0.2, -0.15) is 0 Å². The Morgan fingerprint density at radius 3 is 2.71 bits per heavy atom. The van der Waals surface area contributed by atoms with Crippen LogP contribution in [0.2, 0.25) is 0 Å². The molecule has 0 saturated heterocycles. The molecule has 0 aliphatic rings. The molecule has 0 aromatic carbocycles. The number of ketones is 1. The largest absolute Gasteiger partial charge is 0.461 e. The molecular weight excluding hydrogens is 206 g/mol. The molecule has 0 fully saturated rings. The molecule has 14 heavy (non-hydrogen) atoms. The number of hydrogen-bond donors (Lipinski definition) is 1. The number of rotatable bonds is 7. The standard InChI is InChI=1S/C9H14ClNO3/c1-2-3-6-14-9(13)5-4-8(12)7-11-10/h2-3,11H,4-7H2,1H3/b3-2+. The zero-order chi connectivity index (χ0) is 10.8. The first-order chi connectivity index (χ1) is 6.70. The minimum absolute atomic E-state index is 0.0731. The molecule has 0 rings (SSSR count). The van der Waals surface area contributed by atoms with Gasteiger partial charge in [0.25, 0.3) is 0 Å². The summed E-state index contributed by atoms with van der Waals surface area (Å²) in [4.78, 5) is 24.1. The number of nitrogens with one attached hydrogen (secondary N) is 1. The van der Waals surface area contributed by atoms with Gasteiger partial charge in [0.1, 0.15) is 12.4 Å². The summed E-state index contributed by atoms with van der Waals surface area (Å²) in [7, 11) is 0. The monoisotopic (exact) mass is 219 g/mol.